The molecule has 0 fully saturated rings. The summed E-state index contributed by atoms with van der Waals surface area (Å²) >= 11 is 1.56. The first-order chi connectivity index (χ1) is 10.8. The summed E-state index contributed by atoms with van der Waals surface area (Å²) in [5, 5.41) is 0. The van der Waals surface area contributed by atoms with Gasteiger partial charge in [-0.25, -0.2) is 4.79 Å². The Hall–Kier alpha value is -2.01. The van der Waals surface area contributed by atoms with E-state index in [9.17, 15) is 4.79 Å². The molecule has 0 bridgehead atoms. The molecule has 2 aromatic rings. The number of esters is 1. The maximum absolute atomic E-state index is 12.1. The molecule has 1 atom stereocenters. The quantitative estimate of drug-likeness (QED) is 0.816. The SMILES string of the molecule is O=C(OCC1COc2ccccc2O1)c1cc2c(s1)CCC2. The topological polar surface area (TPSA) is 44.8 Å². The van der Waals surface area contributed by atoms with Crippen LogP contribution in [0, 0.1) is 0 Å². The van der Waals surface area contributed by atoms with Crippen LogP contribution >= 0.6 is 11.3 Å². The fourth-order valence-corrected chi connectivity index (χ4v) is 3.96. The molecule has 2 heterocycles. The van der Waals surface area contributed by atoms with E-state index in [1.54, 1.807) is 11.3 Å². The normalized spacial score (nSPS) is 18.8. The number of benzene rings is 1. The Balaban J connectivity index is 1.36. The van der Waals surface area contributed by atoms with E-state index in [0.717, 1.165) is 18.6 Å². The molecule has 1 aromatic heterocycles. The Labute approximate surface area is 132 Å². The fourth-order valence-electron chi connectivity index (χ4n) is 2.81. The molecular weight excluding hydrogens is 300 g/mol. The Morgan fingerprint density at radius 1 is 1.27 bits per heavy atom. The molecule has 0 amide bonds. The fraction of sp³-hybridized carbons (Fsp3) is 0.353. The van der Waals surface area contributed by atoms with E-state index in [4.69, 9.17) is 14.2 Å². The Morgan fingerprint density at radius 3 is 3.00 bits per heavy atom. The number of thiophene rings is 1. The van der Waals surface area contributed by atoms with E-state index in [-0.39, 0.29) is 18.7 Å². The van der Waals surface area contributed by atoms with Gasteiger partial charge in [0.2, 0.25) is 0 Å². The van der Waals surface area contributed by atoms with Crippen LogP contribution in [0.25, 0.3) is 0 Å². The molecular formula is C17H16O4S. The molecule has 114 valence electrons. The van der Waals surface area contributed by atoms with Crippen LogP contribution in [0.1, 0.15) is 26.5 Å². The molecule has 4 nitrogen and oxygen atoms in total. The average molecular weight is 316 g/mol. The van der Waals surface area contributed by atoms with Crippen LogP contribution in [0.15, 0.2) is 30.3 Å². The largest absolute Gasteiger partial charge is 0.486 e. The van der Waals surface area contributed by atoms with Crippen molar-refractivity contribution in [1.82, 2.24) is 0 Å². The van der Waals surface area contributed by atoms with Gasteiger partial charge in [0.05, 0.1) is 0 Å². The number of para-hydroxylation sites is 2. The zero-order chi connectivity index (χ0) is 14.9. The van der Waals surface area contributed by atoms with Crippen molar-refractivity contribution >= 4 is 17.3 Å². The molecule has 22 heavy (non-hydrogen) atoms. The average Bonchev–Trinajstić information content (AvgIpc) is 3.14. The number of rotatable bonds is 3. The van der Waals surface area contributed by atoms with Gasteiger partial charge in [-0.15, -0.1) is 11.3 Å². The monoisotopic (exact) mass is 316 g/mol. The van der Waals surface area contributed by atoms with Crippen LogP contribution in [-0.2, 0) is 17.6 Å². The van der Waals surface area contributed by atoms with E-state index >= 15 is 0 Å². The van der Waals surface area contributed by atoms with Gasteiger partial charge >= 0.3 is 5.97 Å². The van der Waals surface area contributed by atoms with Crippen molar-refractivity contribution < 1.29 is 19.0 Å². The summed E-state index contributed by atoms with van der Waals surface area (Å²) in [4.78, 5) is 14.2. The van der Waals surface area contributed by atoms with Crippen molar-refractivity contribution in [2.24, 2.45) is 0 Å². The van der Waals surface area contributed by atoms with Gasteiger partial charge < -0.3 is 14.2 Å². The van der Waals surface area contributed by atoms with Gasteiger partial charge in [-0.3, -0.25) is 0 Å². The Kier molecular flexibility index (Phi) is 3.50. The van der Waals surface area contributed by atoms with Crippen LogP contribution in [0.2, 0.25) is 0 Å². The standard InChI is InChI=1S/C17H16O4S/c18-17(16-8-11-4-3-7-15(11)22-16)20-10-12-9-19-13-5-1-2-6-14(13)21-12/h1-2,5-6,8,12H,3-4,7,9-10H2. The zero-order valence-corrected chi connectivity index (χ0v) is 12.9. The number of carbonyl (C=O) groups is 1. The minimum absolute atomic E-state index is 0.204. The van der Waals surface area contributed by atoms with Gasteiger partial charge in [-0.1, -0.05) is 12.1 Å². The molecule has 0 saturated carbocycles. The molecule has 4 rings (SSSR count). The van der Waals surface area contributed by atoms with Crippen molar-refractivity contribution in [2.75, 3.05) is 13.2 Å². The van der Waals surface area contributed by atoms with Crippen LogP contribution in [-0.4, -0.2) is 25.3 Å². The lowest BCUT2D eigenvalue weighted by atomic mass is 10.2. The molecule has 0 N–H and O–H groups in total. The third-order valence-corrected chi connectivity index (χ3v) is 5.13. The summed E-state index contributed by atoms with van der Waals surface area (Å²) in [5.74, 6) is 1.17. The molecule has 0 radical (unpaired) electrons. The van der Waals surface area contributed by atoms with E-state index < -0.39 is 0 Å². The van der Waals surface area contributed by atoms with Crippen molar-refractivity contribution in [2.45, 2.75) is 25.4 Å². The van der Waals surface area contributed by atoms with Crippen molar-refractivity contribution in [1.29, 1.82) is 0 Å². The van der Waals surface area contributed by atoms with Crippen molar-refractivity contribution in [3.8, 4) is 11.5 Å². The van der Waals surface area contributed by atoms with Crippen molar-refractivity contribution in [3.63, 3.8) is 0 Å². The summed E-state index contributed by atoms with van der Waals surface area (Å²) in [6.45, 7) is 0.598. The number of fused-ring (bicyclic) bond motifs is 2. The lowest BCUT2D eigenvalue weighted by Crippen LogP contribution is -2.34. The highest BCUT2D eigenvalue weighted by Gasteiger charge is 2.24. The molecule has 5 heteroatoms. The van der Waals surface area contributed by atoms with Gasteiger partial charge in [0.25, 0.3) is 0 Å². The molecule has 1 aromatic carbocycles. The second-order valence-corrected chi connectivity index (χ2v) is 6.65. The minimum atomic E-state index is -0.262. The number of hydrogen-bond acceptors (Lipinski definition) is 5. The highest BCUT2D eigenvalue weighted by atomic mass is 32.1. The summed E-state index contributed by atoms with van der Waals surface area (Å²) in [7, 11) is 0. The lowest BCUT2D eigenvalue weighted by molar-refractivity contribution is 0.0113. The highest BCUT2D eigenvalue weighted by molar-refractivity contribution is 7.14. The Bertz CT molecular complexity index is 685. The highest BCUT2D eigenvalue weighted by Crippen LogP contribution is 2.32. The number of ether oxygens (including phenoxy) is 3. The third kappa shape index (κ3) is 2.57. The molecule has 2 aliphatic rings. The van der Waals surface area contributed by atoms with Gasteiger partial charge in [0, 0.05) is 4.88 Å². The van der Waals surface area contributed by atoms with Crippen LogP contribution in [0.4, 0.5) is 0 Å². The molecule has 1 aliphatic heterocycles. The van der Waals surface area contributed by atoms with E-state index in [0.29, 0.717) is 17.2 Å². The third-order valence-electron chi connectivity index (χ3n) is 3.92. The zero-order valence-electron chi connectivity index (χ0n) is 12.0. The van der Waals surface area contributed by atoms with E-state index in [2.05, 4.69) is 0 Å². The summed E-state index contributed by atoms with van der Waals surface area (Å²) in [6.07, 6.45) is 3.10. The van der Waals surface area contributed by atoms with Crippen LogP contribution in [0.5, 0.6) is 11.5 Å². The minimum Gasteiger partial charge on any atom is -0.486 e. The smallest absolute Gasteiger partial charge is 0.348 e. The first-order valence-electron chi connectivity index (χ1n) is 7.47. The number of aryl methyl sites for hydroxylation is 2. The second-order valence-electron chi connectivity index (χ2n) is 5.51. The van der Waals surface area contributed by atoms with Crippen LogP contribution < -0.4 is 9.47 Å². The maximum Gasteiger partial charge on any atom is 0.348 e. The first kappa shape index (κ1) is 13.6. The second kappa shape index (κ2) is 5.65. The van der Waals surface area contributed by atoms with E-state index in [1.165, 1.54) is 16.9 Å². The summed E-state index contributed by atoms with van der Waals surface area (Å²) in [5.41, 5.74) is 1.31. The van der Waals surface area contributed by atoms with Crippen LogP contribution in [0.3, 0.4) is 0 Å². The van der Waals surface area contributed by atoms with Gasteiger partial charge in [0.1, 0.15) is 18.1 Å². The Morgan fingerprint density at radius 2 is 2.14 bits per heavy atom. The number of hydrogen-bond donors (Lipinski definition) is 0. The van der Waals surface area contributed by atoms with E-state index in [1.807, 2.05) is 30.3 Å². The lowest BCUT2D eigenvalue weighted by Gasteiger charge is -2.25. The predicted molar refractivity (Wildman–Crippen MR) is 83.0 cm³/mol. The number of carbonyl (C=O) groups excluding carboxylic acids is 1. The predicted octanol–water partition coefficient (Wildman–Crippen LogP) is 3.23. The van der Waals surface area contributed by atoms with Gasteiger partial charge in [-0.2, -0.15) is 0 Å². The van der Waals surface area contributed by atoms with Gasteiger partial charge in [0.15, 0.2) is 17.6 Å². The van der Waals surface area contributed by atoms with Gasteiger partial charge in [-0.05, 0) is 43.0 Å². The summed E-state index contributed by atoms with van der Waals surface area (Å²) in [6, 6.07) is 9.49. The maximum atomic E-state index is 12.1. The molecule has 1 unspecified atom stereocenters. The van der Waals surface area contributed by atoms with Crippen molar-refractivity contribution in [3.05, 3.63) is 45.6 Å². The molecule has 0 saturated heterocycles. The molecule has 0 spiro atoms. The first-order valence-corrected chi connectivity index (χ1v) is 8.28. The molecule has 1 aliphatic carbocycles. The summed E-state index contributed by atoms with van der Waals surface area (Å²) < 4.78 is 16.8.